The van der Waals surface area contributed by atoms with Crippen molar-refractivity contribution in [1.29, 1.82) is 5.26 Å². The summed E-state index contributed by atoms with van der Waals surface area (Å²) in [7, 11) is -3.81. The Morgan fingerprint density at radius 1 is 1.07 bits per heavy atom. The van der Waals surface area contributed by atoms with Crippen LogP contribution in [0.1, 0.15) is 37.0 Å². The molecule has 2 aromatic rings. The number of amides is 1. The molecule has 0 fully saturated rings. The fourth-order valence-electron chi connectivity index (χ4n) is 2.66. The van der Waals surface area contributed by atoms with E-state index < -0.39 is 16.1 Å². The van der Waals surface area contributed by atoms with Gasteiger partial charge in [-0.3, -0.25) is 4.79 Å². The molecule has 0 aliphatic heterocycles. The Bertz CT molecular complexity index is 944. The topological polar surface area (TPSA) is 99.1 Å². The van der Waals surface area contributed by atoms with Crippen LogP contribution < -0.4 is 10.0 Å². The molecule has 0 heterocycles. The molecule has 0 aromatic heterocycles. The van der Waals surface area contributed by atoms with E-state index in [4.69, 9.17) is 5.26 Å². The zero-order chi connectivity index (χ0) is 20.7. The van der Waals surface area contributed by atoms with Crippen LogP contribution in [0.5, 0.6) is 0 Å². The predicted molar refractivity (Wildman–Crippen MR) is 108 cm³/mol. The minimum atomic E-state index is -3.81. The lowest BCUT2D eigenvalue weighted by molar-refractivity contribution is -0.123. The Hall–Kier alpha value is -2.69. The van der Waals surface area contributed by atoms with Crippen LogP contribution in [-0.4, -0.2) is 20.4 Å². The van der Waals surface area contributed by atoms with Gasteiger partial charge < -0.3 is 5.32 Å². The van der Waals surface area contributed by atoms with Gasteiger partial charge in [0.1, 0.15) is 6.04 Å². The molecule has 0 saturated carbocycles. The van der Waals surface area contributed by atoms with E-state index in [2.05, 4.69) is 10.0 Å². The van der Waals surface area contributed by atoms with E-state index in [1.54, 1.807) is 36.4 Å². The van der Waals surface area contributed by atoms with Crippen LogP contribution in [0.3, 0.4) is 0 Å². The van der Waals surface area contributed by atoms with Gasteiger partial charge in [0.05, 0.1) is 16.5 Å². The van der Waals surface area contributed by atoms with Crippen molar-refractivity contribution in [2.24, 2.45) is 5.92 Å². The molecule has 2 aromatic carbocycles. The highest BCUT2D eigenvalue weighted by Gasteiger charge is 2.26. The number of nitrogens with zero attached hydrogens (tertiary/aromatic N) is 1. The highest BCUT2D eigenvalue weighted by Crippen LogP contribution is 2.14. The molecule has 0 radical (unpaired) electrons. The number of rotatable bonds is 8. The summed E-state index contributed by atoms with van der Waals surface area (Å²) in [6.45, 7) is 6.00. The van der Waals surface area contributed by atoms with Crippen molar-refractivity contribution >= 4 is 15.9 Å². The molecule has 2 rings (SSSR count). The summed E-state index contributed by atoms with van der Waals surface area (Å²) in [5.41, 5.74) is 2.33. The zero-order valence-electron chi connectivity index (χ0n) is 16.3. The quantitative estimate of drug-likeness (QED) is 0.713. The largest absolute Gasteiger partial charge is 0.351 e. The molecule has 6 nitrogen and oxygen atoms in total. The lowest BCUT2D eigenvalue weighted by Crippen LogP contribution is -2.47. The van der Waals surface area contributed by atoms with Crippen molar-refractivity contribution in [3.8, 4) is 6.07 Å². The van der Waals surface area contributed by atoms with Gasteiger partial charge in [-0.25, -0.2) is 8.42 Å². The number of carbonyl (C=O) groups excluding carboxylic acids is 1. The first-order valence-electron chi connectivity index (χ1n) is 9.07. The third kappa shape index (κ3) is 6.19. The second kappa shape index (κ2) is 9.49. The maximum absolute atomic E-state index is 12.7. The molecular weight excluding hydrogens is 374 g/mol. The Labute approximate surface area is 166 Å². The summed E-state index contributed by atoms with van der Waals surface area (Å²) in [5.74, 6) is -0.250. The summed E-state index contributed by atoms with van der Waals surface area (Å²) in [6.07, 6.45) is 0.379. The summed E-state index contributed by atoms with van der Waals surface area (Å²) < 4.78 is 27.9. The minimum absolute atomic E-state index is 0.131. The Kier molecular flexibility index (Phi) is 7.32. The summed E-state index contributed by atoms with van der Waals surface area (Å²) in [4.78, 5) is 12.8. The van der Waals surface area contributed by atoms with Crippen molar-refractivity contribution < 1.29 is 13.2 Å². The molecule has 28 heavy (non-hydrogen) atoms. The first kappa shape index (κ1) is 21.6. The smallest absolute Gasteiger partial charge is 0.241 e. The lowest BCUT2D eigenvalue weighted by atomic mass is 10.0. The van der Waals surface area contributed by atoms with Gasteiger partial charge in [-0.15, -0.1) is 0 Å². The minimum Gasteiger partial charge on any atom is -0.351 e. The van der Waals surface area contributed by atoms with E-state index in [0.29, 0.717) is 12.0 Å². The maximum atomic E-state index is 12.7. The van der Waals surface area contributed by atoms with Crippen LogP contribution in [0, 0.1) is 24.2 Å². The number of carbonyl (C=O) groups is 1. The normalized spacial score (nSPS) is 12.4. The molecule has 1 amide bonds. The van der Waals surface area contributed by atoms with Gasteiger partial charge in [-0.05, 0) is 49.1 Å². The number of benzene rings is 2. The number of sulfonamides is 1. The van der Waals surface area contributed by atoms with E-state index >= 15 is 0 Å². The van der Waals surface area contributed by atoms with E-state index in [-0.39, 0.29) is 23.3 Å². The molecule has 0 saturated heterocycles. The fourth-order valence-corrected chi connectivity index (χ4v) is 3.87. The van der Waals surface area contributed by atoms with Gasteiger partial charge in [0.15, 0.2) is 0 Å². The van der Waals surface area contributed by atoms with Gasteiger partial charge in [0.25, 0.3) is 0 Å². The average Bonchev–Trinajstić information content (AvgIpc) is 2.65. The molecule has 0 aliphatic carbocycles. The van der Waals surface area contributed by atoms with Gasteiger partial charge in [0.2, 0.25) is 15.9 Å². The summed E-state index contributed by atoms with van der Waals surface area (Å²) >= 11 is 0. The third-order valence-electron chi connectivity index (χ3n) is 4.20. The first-order chi connectivity index (χ1) is 13.2. The Morgan fingerprint density at radius 3 is 2.21 bits per heavy atom. The predicted octanol–water partition coefficient (Wildman–Crippen LogP) is 2.88. The van der Waals surface area contributed by atoms with Crippen LogP contribution in [-0.2, 0) is 21.4 Å². The highest BCUT2D eigenvalue weighted by molar-refractivity contribution is 7.89. The molecule has 0 spiro atoms. The Balaban J connectivity index is 2.09. The molecule has 0 aliphatic rings. The van der Waals surface area contributed by atoms with Crippen LogP contribution >= 0.6 is 0 Å². The second-order valence-electron chi connectivity index (χ2n) is 7.14. The zero-order valence-corrected chi connectivity index (χ0v) is 17.1. The molecule has 0 bridgehead atoms. The lowest BCUT2D eigenvalue weighted by Gasteiger charge is -2.20. The number of nitriles is 1. The van der Waals surface area contributed by atoms with E-state index in [1.165, 1.54) is 12.1 Å². The van der Waals surface area contributed by atoms with Crippen LogP contribution in [0.2, 0.25) is 0 Å². The van der Waals surface area contributed by atoms with Crippen molar-refractivity contribution in [2.75, 3.05) is 0 Å². The van der Waals surface area contributed by atoms with Crippen molar-refractivity contribution in [3.63, 3.8) is 0 Å². The number of aryl methyl sites for hydroxylation is 1. The van der Waals surface area contributed by atoms with Gasteiger partial charge >= 0.3 is 0 Å². The average molecular weight is 400 g/mol. The SMILES string of the molecule is Cc1ccc(S(=O)(=O)NC(CC(C)C)C(=O)NCc2ccc(C#N)cc2)cc1. The van der Waals surface area contributed by atoms with Gasteiger partial charge in [0, 0.05) is 6.54 Å². The van der Waals surface area contributed by atoms with E-state index in [0.717, 1.165) is 11.1 Å². The van der Waals surface area contributed by atoms with Crippen LogP contribution in [0.15, 0.2) is 53.4 Å². The van der Waals surface area contributed by atoms with E-state index in [9.17, 15) is 13.2 Å². The molecule has 1 atom stereocenters. The van der Waals surface area contributed by atoms with Crippen molar-refractivity contribution in [1.82, 2.24) is 10.0 Å². The Morgan fingerprint density at radius 2 is 1.68 bits per heavy atom. The van der Waals surface area contributed by atoms with E-state index in [1.807, 2.05) is 26.8 Å². The van der Waals surface area contributed by atoms with Crippen LogP contribution in [0.4, 0.5) is 0 Å². The molecule has 7 heteroatoms. The number of hydrogen-bond donors (Lipinski definition) is 2. The second-order valence-corrected chi connectivity index (χ2v) is 8.86. The number of hydrogen-bond acceptors (Lipinski definition) is 4. The summed E-state index contributed by atoms with van der Waals surface area (Å²) in [6, 6.07) is 14.5. The third-order valence-corrected chi connectivity index (χ3v) is 5.69. The summed E-state index contributed by atoms with van der Waals surface area (Å²) in [5, 5.41) is 11.6. The van der Waals surface area contributed by atoms with Gasteiger partial charge in [-0.2, -0.15) is 9.98 Å². The fraction of sp³-hybridized carbons (Fsp3) is 0.333. The maximum Gasteiger partial charge on any atom is 0.241 e. The molecule has 2 N–H and O–H groups in total. The standard InChI is InChI=1S/C21H25N3O3S/c1-15(2)12-20(24-28(26,27)19-10-4-16(3)5-11-19)21(25)23-14-18-8-6-17(13-22)7-9-18/h4-11,15,20,24H,12,14H2,1-3H3,(H,23,25). The monoisotopic (exact) mass is 399 g/mol. The first-order valence-corrected chi connectivity index (χ1v) is 10.6. The highest BCUT2D eigenvalue weighted by atomic mass is 32.2. The molecular formula is C21H25N3O3S. The van der Waals surface area contributed by atoms with Crippen molar-refractivity contribution in [2.45, 2.75) is 44.7 Å². The number of nitrogens with one attached hydrogen (secondary N) is 2. The van der Waals surface area contributed by atoms with Crippen LogP contribution in [0.25, 0.3) is 0 Å². The molecule has 148 valence electrons. The molecule has 1 unspecified atom stereocenters. The van der Waals surface area contributed by atoms with Crippen molar-refractivity contribution in [3.05, 3.63) is 65.2 Å². The van der Waals surface area contributed by atoms with Gasteiger partial charge in [-0.1, -0.05) is 43.7 Å².